The first-order valence-corrected chi connectivity index (χ1v) is 6.99. The molecule has 2 rings (SSSR count). The molecule has 0 saturated carbocycles. The second-order valence-corrected chi connectivity index (χ2v) is 5.67. The van der Waals surface area contributed by atoms with Crippen molar-refractivity contribution in [3.8, 4) is 0 Å². The van der Waals surface area contributed by atoms with Gasteiger partial charge in [0.1, 0.15) is 5.82 Å². The lowest BCUT2D eigenvalue weighted by Gasteiger charge is -2.27. The summed E-state index contributed by atoms with van der Waals surface area (Å²) >= 11 is 7.79. The highest BCUT2D eigenvalue weighted by atomic mass is 127. The molecule has 0 spiro atoms. The molecular formula is C12H12ClFINO. The van der Waals surface area contributed by atoms with Gasteiger partial charge in [0.2, 0.25) is 0 Å². The highest BCUT2D eigenvalue weighted by molar-refractivity contribution is 14.1. The minimum atomic E-state index is -0.384. The third-order valence-corrected chi connectivity index (χ3v) is 4.02. The van der Waals surface area contributed by atoms with Gasteiger partial charge in [-0.2, -0.15) is 0 Å². The molecular weight excluding hydrogens is 355 g/mol. The Morgan fingerprint density at radius 2 is 1.94 bits per heavy atom. The zero-order chi connectivity index (χ0) is 12.4. The topological polar surface area (TPSA) is 20.3 Å². The summed E-state index contributed by atoms with van der Waals surface area (Å²) in [4.78, 5) is 14.0. The van der Waals surface area contributed by atoms with Crippen LogP contribution in [0, 0.1) is 9.39 Å². The third kappa shape index (κ3) is 2.91. The highest BCUT2D eigenvalue weighted by Crippen LogP contribution is 2.24. The average Bonchev–Trinajstić information content (AvgIpc) is 2.34. The van der Waals surface area contributed by atoms with Crippen molar-refractivity contribution in [3.63, 3.8) is 0 Å². The van der Waals surface area contributed by atoms with Gasteiger partial charge in [0.25, 0.3) is 5.91 Å². The fourth-order valence-electron chi connectivity index (χ4n) is 1.95. The highest BCUT2D eigenvalue weighted by Gasteiger charge is 2.21. The maximum Gasteiger partial charge on any atom is 0.255 e. The Morgan fingerprint density at radius 1 is 1.29 bits per heavy atom. The summed E-state index contributed by atoms with van der Waals surface area (Å²) in [7, 11) is 0. The van der Waals surface area contributed by atoms with Crippen molar-refractivity contribution < 1.29 is 9.18 Å². The third-order valence-electron chi connectivity index (χ3n) is 2.88. The van der Waals surface area contributed by atoms with Crippen LogP contribution in [0.15, 0.2) is 12.1 Å². The van der Waals surface area contributed by atoms with E-state index in [1.807, 2.05) is 22.6 Å². The number of halogens is 3. The van der Waals surface area contributed by atoms with Gasteiger partial charge in [0.05, 0.1) is 10.6 Å². The number of amides is 1. The maximum absolute atomic E-state index is 13.2. The summed E-state index contributed by atoms with van der Waals surface area (Å²) in [5.74, 6) is -0.474. The molecule has 0 aromatic heterocycles. The van der Waals surface area contributed by atoms with E-state index in [9.17, 15) is 9.18 Å². The van der Waals surface area contributed by atoms with Crippen LogP contribution in [0.5, 0.6) is 0 Å². The Hall–Kier alpha value is -0.360. The lowest BCUT2D eigenvalue weighted by molar-refractivity contribution is 0.0724. The van der Waals surface area contributed by atoms with Crippen LogP contribution < -0.4 is 0 Å². The zero-order valence-electron chi connectivity index (χ0n) is 9.18. The first-order chi connectivity index (χ1) is 8.09. The SMILES string of the molecule is O=C(c1cc(I)c(F)cc1Cl)N1CCCCC1. The minimum absolute atomic E-state index is 0.0902. The lowest BCUT2D eigenvalue weighted by Crippen LogP contribution is -2.35. The zero-order valence-corrected chi connectivity index (χ0v) is 12.1. The predicted octanol–water partition coefficient (Wildman–Crippen LogP) is 3.71. The maximum atomic E-state index is 13.2. The second-order valence-electron chi connectivity index (χ2n) is 4.10. The molecule has 0 atom stereocenters. The molecule has 0 unspecified atom stereocenters. The Morgan fingerprint density at radius 3 is 2.59 bits per heavy atom. The number of nitrogens with zero attached hydrogens (tertiary/aromatic N) is 1. The summed E-state index contributed by atoms with van der Waals surface area (Å²) in [6, 6.07) is 2.73. The Kier molecular flexibility index (Phi) is 4.25. The van der Waals surface area contributed by atoms with E-state index in [-0.39, 0.29) is 16.7 Å². The Bertz CT molecular complexity index is 446. The van der Waals surface area contributed by atoms with Crippen molar-refractivity contribution in [1.29, 1.82) is 0 Å². The fourth-order valence-corrected chi connectivity index (χ4v) is 2.65. The van der Waals surface area contributed by atoms with E-state index >= 15 is 0 Å². The van der Waals surface area contributed by atoms with E-state index < -0.39 is 0 Å². The molecule has 5 heteroatoms. The van der Waals surface area contributed by atoms with E-state index in [1.165, 1.54) is 18.6 Å². The normalized spacial score (nSPS) is 16.1. The first-order valence-electron chi connectivity index (χ1n) is 5.53. The van der Waals surface area contributed by atoms with E-state index in [4.69, 9.17) is 11.6 Å². The van der Waals surface area contributed by atoms with Crippen molar-refractivity contribution in [1.82, 2.24) is 4.90 Å². The van der Waals surface area contributed by atoms with Crippen molar-refractivity contribution in [2.45, 2.75) is 19.3 Å². The number of hydrogen-bond acceptors (Lipinski definition) is 1. The van der Waals surface area contributed by atoms with E-state index in [0.29, 0.717) is 9.13 Å². The van der Waals surface area contributed by atoms with Crippen molar-refractivity contribution in [2.24, 2.45) is 0 Å². The molecule has 92 valence electrons. The number of carbonyl (C=O) groups excluding carboxylic acids is 1. The van der Waals surface area contributed by atoms with Crippen LogP contribution in [0.2, 0.25) is 5.02 Å². The number of benzene rings is 1. The molecule has 2 nitrogen and oxygen atoms in total. The van der Waals surface area contributed by atoms with Gasteiger partial charge in [-0.15, -0.1) is 0 Å². The summed E-state index contributed by atoms with van der Waals surface area (Å²) in [5, 5.41) is 0.193. The van der Waals surface area contributed by atoms with Gasteiger partial charge >= 0.3 is 0 Å². The molecule has 1 aliphatic rings. The molecule has 0 radical (unpaired) electrons. The van der Waals surface area contributed by atoms with Gasteiger partial charge in [-0.05, 0) is 54.0 Å². The predicted molar refractivity (Wildman–Crippen MR) is 73.9 cm³/mol. The first kappa shape index (κ1) is 13.1. The van der Waals surface area contributed by atoms with Crippen LogP contribution in [0.1, 0.15) is 29.6 Å². The molecule has 0 bridgehead atoms. The molecule has 1 fully saturated rings. The molecule has 1 aliphatic heterocycles. The second kappa shape index (κ2) is 5.52. The van der Waals surface area contributed by atoms with Crippen LogP contribution in [0.3, 0.4) is 0 Å². The van der Waals surface area contributed by atoms with Gasteiger partial charge in [0, 0.05) is 16.7 Å². The molecule has 1 amide bonds. The van der Waals surface area contributed by atoms with E-state index in [1.54, 1.807) is 4.90 Å². The smallest absolute Gasteiger partial charge is 0.255 e. The molecule has 17 heavy (non-hydrogen) atoms. The summed E-state index contributed by atoms with van der Waals surface area (Å²) in [5.41, 5.74) is 0.402. The van der Waals surface area contributed by atoms with E-state index in [0.717, 1.165) is 25.9 Å². The fraction of sp³-hybridized carbons (Fsp3) is 0.417. The summed E-state index contributed by atoms with van der Waals surface area (Å²) < 4.78 is 13.7. The number of likely N-dealkylation sites (tertiary alicyclic amines) is 1. The van der Waals surface area contributed by atoms with Crippen molar-refractivity contribution >= 4 is 40.1 Å². The van der Waals surface area contributed by atoms with E-state index in [2.05, 4.69) is 0 Å². The number of carbonyl (C=O) groups is 1. The summed E-state index contributed by atoms with van der Waals surface area (Å²) in [6.45, 7) is 1.53. The monoisotopic (exact) mass is 367 g/mol. The molecule has 1 saturated heterocycles. The summed E-state index contributed by atoms with van der Waals surface area (Å²) in [6.07, 6.45) is 3.22. The van der Waals surface area contributed by atoms with Crippen LogP contribution in [-0.2, 0) is 0 Å². The molecule has 0 aliphatic carbocycles. The van der Waals surface area contributed by atoms with Gasteiger partial charge < -0.3 is 4.90 Å². The molecule has 1 aromatic rings. The lowest BCUT2D eigenvalue weighted by atomic mass is 10.1. The standard InChI is InChI=1S/C12H12ClFINO/c13-9-7-10(14)11(15)6-8(9)12(17)16-4-2-1-3-5-16/h6-7H,1-5H2. The van der Waals surface area contributed by atoms with Gasteiger partial charge in [-0.1, -0.05) is 11.6 Å². The van der Waals surface area contributed by atoms with Crippen LogP contribution in [0.25, 0.3) is 0 Å². The minimum Gasteiger partial charge on any atom is -0.339 e. The van der Waals surface area contributed by atoms with Crippen LogP contribution in [0.4, 0.5) is 4.39 Å². The van der Waals surface area contributed by atoms with Crippen molar-refractivity contribution in [3.05, 3.63) is 32.1 Å². The largest absolute Gasteiger partial charge is 0.339 e. The number of hydrogen-bond donors (Lipinski definition) is 0. The average molecular weight is 368 g/mol. The van der Waals surface area contributed by atoms with Gasteiger partial charge in [-0.3, -0.25) is 4.79 Å². The van der Waals surface area contributed by atoms with Crippen LogP contribution in [-0.4, -0.2) is 23.9 Å². The Balaban J connectivity index is 2.26. The number of rotatable bonds is 1. The van der Waals surface area contributed by atoms with Crippen molar-refractivity contribution in [2.75, 3.05) is 13.1 Å². The quantitative estimate of drug-likeness (QED) is 0.547. The van der Waals surface area contributed by atoms with Gasteiger partial charge in [-0.25, -0.2) is 4.39 Å². The van der Waals surface area contributed by atoms with Gasteiger partial charge in [0.15, 0.2) is 0 Å². The number of piperidine rings is 1. The van der Waals surface area contributed by atoms with Crippen LogP contribution >= 0.6 is 34.2 Å². The molecule has 0 N–H and O–H groups in total. The molecule has 1 aromatic carbocycles. The Labute approximate surface area is 118 Å². The molecule has 1 heterocycles.